The molecule has 0 spiro atoms. The smallest absolute Gasteiger partial charge is 0.385 e. The van der Waals surface area contributed by atoms with Gasteiger partial charge in [0, 0.05) is 59.7 Å². The predicted molar refractivity (Wildman–Crippen MR) is 106 cm³/mol. The van der Waals surface area contributed by atoms with Crippen molar-refractivity contribution in [2.45, 2.75) is 31.5 Å². The van der Waals surface area contributed by atoms with Gasteiger partial charge in [-0.25, -0.2) is 4.98 Å². The molecule has 7 nitrogen and oxygen atoms in total. The maximum atomic E-state index is 13.0. The fourth-order valence-electron chi connectivity index (χ4n) is 3.15. The van der Waals surface area contributed by atoms with Gasteiger partial charge in [-0.05, 0) is 31.4 Å². The molecule has 10 heteroatoms. The molecule has 0 amide bonds. The highest BCUT2D eigenvalue weighted by Gasteiger charge is 2.34. The second-order valence-corrected chi connectivity index (χ2v) is 6.70. The van der Waals surface area contributed by atoms with Gasteiger partial charge in [0.2, 0.25) is 0 Å². The normalized spacial score (nSPS) is 16.2. The lowest BCUT2D eigenvalue weighted by atomic mass is 10.1. The lowest BCUT2D eigenvalue weighted by Gasteiger charge is -2.34. The molecule has 0 unspecified atom stereocenters. The van der Waals surface area contributed by atoms with E-state index in [-0.39, 0.29) is 18.5 Å². The Hall–Kier alpha value is -2.07. The van der Waals surface area contributed by atoms with Crippen molar-refractivity contribution in [1.29, 1.82) is 0 Å². The molecule has 1 fully saturated rings. The number of nitrogens with one attached hydrogen (secondary N) is 2. The van der Waals surface area contributed by atoms with Gasteiger partial charge in [-0.3, -0.25) is 4.99 Å². The molecule has 1 aliphatic rings. The van der Waals surface area contributed by atoms with E-state index in [0.29, 0.717) is 19.8 Å². The molecule has 2 heterocycles. The largest absolute Gasteiger partial charge is 0.419 e. The minimum Gasteiger partial charge on any atom is -0.385 e. The Morgan fingerprint density at radius 2 is 2.03 bits per heavy atom. The third-order valence-corrected chi connectivity index (χ3v) is 4.61. The number of aliphatic imine (C=N–C) groups is 1. The molecule has 164 valence electrons. The van der Waals surface area contributed by atoms with Crippen LogP contribution in [-0.2, 0) is 15.7 Å². The average molecular weight is 417 g/mol. The summed E-state index contributed by atoms with van der Waals surface area (Å²) in [5.74, 6) is 0.574. The number of guanidine groups is 1. The molecule has 2 rings (SSSR count). The van der Waals surface area contributed by atoms with Crippen molar-refractivity contribution in [2.24, 2.45) is 4.99 Å². The molecule has 0 aromatic carbocycles. The Labute approximate surface area is 169 Å². The van der Waals surface area contributed by atoms with E-state index in [4.69, 9.17) is 9.47 Å². The van der Waals surface area contributed by atoms with Crippen molar-refractivity contribution < 1.29 is 22.6 Å². The summed E-state index contributed by atoms with van der Waals surface area (Å²) in [4.78, 5) is 10.2. The standard InChI is InChI=1S/C19H30F3N5O2/c1-23-18(27-11-6-15(7-12-27)29-14-4-13-28-2)26-10-9-25-17-16(19(20,21)22)5-3-8-24-17/h3,5,8,15H,4,6-7,9-14H2,1-2H3,(H,23,26)(H,24,25). The Bertz CT molecular complexity index is 635. The van der Waals surface area contributed by atoms with Crippen LogP contribution in [0.25, 0.3) is 0 Å². The first-order valence-electron chi connectivity index (χ1n) is 9.78. The Balaban J connectivity index is 1.71. The fraction of sp³-hybridized carbons (Fsp3) is 0.684. The summed E-state index contributed by atoms with van der Waals surface area (Å²) < 4.78 is 49.9. The summed E-state index contributed by atoms with van der Waals surface area (Å²) in [5, 5.41) is 5.93. The number of alkyl halides is 3. The van der Waals surface area contributed by atoms with Gasteiger partial charge >= 0.3 is 6.18 Å². The van der Waals surface area contributed by atoms with Crippen LogP contribution in [0.1, 0.15) is 24.8 Å². The van der Waals surface area contributed by atoms with Gasteiger partial charge in [0.25, 0.3) is 0 Å². The lowest BCUT2D eigenvalue weighted by Crippen LogP contribution is -2.48. The molecule has 0 bridgehead atoms. The summed E-state index contributed by atoms with van der Waals surface area (Å²) in [6.45, 7) is 3.75. The second-order valence-electron chi connectivity index (χ2n) is 6.70. The minimum absolute atomic E-state index is 0.164. The van der Waals surface area contributed by atoms with Crippen molar-refractivity contribution in [3.8, 4) is 0 Å². The number of rotatable bonds is 9. The second kappa shape index (κ2) is 11.8. The van der Waals surface area contributed by atoms with Crippen LogP contribution in [0.5, 0.6) is 0 Å². The minimum atomic E-state index is -4.43. The molecular weight excluding hydrogens is 387 g/mol. The van der Waals surface area contributed by atoms with Crippen LogP contribution in [0.4, 0.5) is 19.0 Å². The number of halogens is 3. The van der Waals surface area contributed by atoms with E-state index >= 15 is 0 Å². The van der Waals surface area contributed by atoms with Crippen LogP contribution in [-0.4, -0.2) is 75.5 Å². The highest BCUT2D eigenvalue weighted by atomic mass is 19.4. The molecule has 0 atom stereocenters. The first kappa shape index (κ1) is 23.2. The number of likely N-dealkylation sites (tertiary alicyclic amines) is 1. The number of hydrogen-bond donors (Lipinski definition) is 2. The summed E-state index contributed by atoms with van der Waals surface area (Å²) in [6, 6.07) is 2.29. The Morgan fingerprint density at radius 3 is 2.69 bits per heavy atom. The molecular formula is C19H30F3N5O2. The van der Waals surface area contributed by atoms with Gasteiger partial charge in [0.05, 0.1) is 11.7 Å². The molecule has 29 heavy (non-hydrogen) atoms. The van der Waals surface area contributed by atoms with Crippen molar-refractivity contribution in [1.82, 2.24) is 15.2 Å². The molecule has 0 radical (unpaired) electrons. The van der Waals surface area contributed by atoms with E-state index in [1.165, 1.54) is 12.3 Å². The van der Waals surface area contributed by atoms with Crippen molar-refractivity contribution >= 4 is 11.8 Å². The van der Waals surface area contributed by atoms with E-state index < -0.39 is 11.7 Å². The number of methoxy groups -OCH3 is 1. The first-order valence-corrected chi connectivity index (χ1v) is 9.78. The quantitative estimate of drug-likeness (QED) is 0.366. The topological polar surface area (TPSA) is 71.0 Å². The predicted octanol–water partition coefficient (Wildman–Crippen LogP) is 2.61. The van der Waals surface area contributed by atoms with Crippen LogP contribution < -0.4 is 10.6 Å². The van der Waals surface area contributed by atoms with E-state index in [1.54, 1.807) is 14.2 Å². The average Bonchev–Trinajstić information content (AvgIpc) is 2.71. The highest BCUT2D eigenvalue weighted by Crippen LogP contribution is 2.33. The SMILES string of the molecule is CN=C(NCCNc1ncccc1C(F)(F)F)N1CCC(OCCCOC)CC1. The third kappa shape index (κ3) is 7.69. The van der Waals surface area contributed by atoms with Crippen molar-refractivity contribution in [3.05, 3.63) is 23.9 Å². The molecule has 1 aromatic rings. The zero-order chi connectivity index (χ0) is 21.1. The molecule has 0 aliphatic carbocycles. The molecule has 1 aliphatic heterocycles. The van der Waals surface area contributed by atoms with Gasteiger partial charge in [-0.1, -0.05) is 0 Å². The summed E-state index contributed by atoms with van der Waals surface area (Å²) in [7, 11) is 3.38. The van der Waals surface area contributed by atoms with E-state index in [9.17, 15) is 13.2 Å². The number of nitrogens with zero attached hydrogens (tertiary/aromatic N) is 3. The van der Waals surface area contributed by atoms with Crippen LogP contribution in [0.2, 0.25) is 0 Å². The molecule has 2 N–H and O–H groups in total. The maximum Gasteiger partial charge on any atom is 0.419 e. The van der Waals surface area contributed by atoms with E-state index in [2.05, 4.69) is 25.5 Å². The lowest BCUT2D eigenvalue weighted by molar-refractivity contribution is -0.137. The van der Waals surface area contributed by atoms with Crippen LogP contribution in [0.3, 0.4) is 0 Å². The van der Waals surface area contributed by atoms with Gasteiger partial charge in [-0.15, -0.1) is 0 Å². The molecule has 1 saturated heterocycles. The highest BCUT2D eigenvalue weighted by molar-refractivity contribution is 5.80. The maximum absolute atomic E-state index is 13.0. The van der Waals surface area contributed by atoms with Gasteiger partial charge in [-0.2, -0.15) is 13.2 Å². The number of hydrogen-bond acceptors (Lipinski definition) is 5. The van der Waals surface area contributed by atoms with Crippen LogP contribution in [0.15, 0.2) is 23.3 Å². The van der Waals surface area contributed by atoms with Crippen LogP contribution in [0, 0.1) is 0 Å². The Morgan fingerprint density at radius 1 is 1.28 bits per heavy atom. The van der Waals surface area contributed by atoms with Crippen molar-refractivity contribution in [3.63, 3.8) is 0 Å². The van der Waals surface area contributed by atoms with E-state index in [0.717, 1.165) is 44.4 Å². The van der Waals surface area contributed by atoms with Gasteiger partial charge in [0.1, 0.15) is 5.82 Å². The van der Waals surface area contributed by atoms with Gasteiger partial charge in [0.15, 0.2) is 5.96 Å². The van der Waals surface area contributed by atoms with Gasteiger partial charge < -0.3 is 25.0 Å². The number of aromatic nitrogens is 1. The number of ether oxygens (including phenoxy) is 2. The van der Waals surface area contributed by atoms with Crippen molar-refractivity contribution in [2.75, 3.05) is 58.9 Å². The zero-order valence-electron chi connectivity index (χ0n) is 17.0. The fourth-order valence-corrected chi connectivity index (χ4v) is 3.15. The molecule has 1 aromatic heterocycles. The summed E-state index contributed by atoms with van der Waals surface area (Å²) >= 11 is 0. The monoisotopic (exact) mass is 417 g/mol. The number of anilines is 1. The summed E-state index contributed by atoms with van der Waals surface area (Å²) in [6.07, 6.45) is -0.141. The van der Waals surface area contributed by atoms with Crippen LogP contribution >= 0.6 is 0 Å². The molecule has 0 saturated carbocycles. The van der Waals surface area contributed by atoms with E-state index in [1.807, 2.05) is 0 Å². The number of pyridine rings is 1. The number of piperidine rings is 1. The zero-order valence-corrected chi connectivity index (χ0v) is 17.0. The summed E-state index contributed by atoms with van der Waals surface area (Å²) in [5.41, 5.74) is -0.767. The third-order valence-electron chi connectivity index (χ3n) is 4.61. The Kier molecular flexibility index (Phi) is 9.46. The first-order chi connectivity index (χ1) is 14.0.